The molecule has 2 N–H and O–H groups in total. The van der Waals surface area contributed by atoms with Gasteiger partial charge in [0.1, 0.15) is 16.2 Å². The molecule has 8 heteroatoms. The number of benzene rings is 3. The number of halogens is 1. The Hall–Kier alpha value is -3.42. The highest BCUT2D eigenvalue weighted by Gasteiger charge is 2.30. The fraction of sp³-hybridized carbons (Fsp3) is 0.0833. The third-order valence-electron chi connectivity index (χ3n) is 5.43. The highest BCUT2D eigenvalue weighted by Crippen LogP contribution is 2.36. The average molecular weight is 463 g/mol. The minimum absolute atomic E-state index is 0.0401. The lowest BCUT2D eigenvalue weighted by Gasteiger charge is -2.10. The summed E-state index contributed by atoms with van der Waals surface area (Å²) in [5, 5.41) is 0.561. The van der Waals surface area contributed by atoms with Gasteiger partial charge in [-0.25, -0.2) is 18.4 Å². The zero-order chi connectivity index (χ0) is 22.5. The van der Waals surface area contributed by atoms with Crippen molar-refractivity contribution in [2.75, 3.05) is 5.73 Å². The van der Waals surface area contributed by atoms with Gasteiger partial charge in [-0.1, -0.05) is 59.6 Å². The van der Waals surface area contributed by atoms with Crippen molar-refractivity contribution in [3.05, 3.63) is 88.9 Å². The topological polar surface area (TPSA) is 90.9 Å². The highest BCUT2D eigenvalue weighted by molar-refractivity contribution is 7.92. The van der Waals surface area contributed by atoms with Gasteiger partial charge < -0.3 is 10.3 Å². The molecule has 3 aromatic carbocycles. The van der Waals surface area contributed by atoms with Crippen molar-refractivity contribution in [3.63, 3.8) is 0 Å². The predicted molar refractivity (Wildman–Crippen MR) is 127 cm³/mol. The van der Waals surface area contributed by atoms with Crippen LogP contribution in [-0.2, 0) is 16.4 Å². The first-order chi connectivity index (χ1) is 15.4. The lowest BCUT2D eigenvalue weighted by molar-refractivity contribution is 0.597. The Kier molecular flexibility index (Phi) is 4.87. The molecule has 0 amide bonds. The van der Waals surface area contributed by atoms with Gasteiger partial charge in [0, 0.05) is 5.02 Å². The van der Waals surface area contributed by atoms with E-state index in [4.69, 9.17) is 22.3 Å². The van der Waals surface area contributed by atoms with E-state index < -0.39 is 9.84 Å². The summed E-state index contributed by atoms with van der Waals surface area (Å²) in [4.78, 5) is 9.49. The molecule has 0 atom stereocenters. The van der Waals surface area contributed by atoms with Crippen LogP contribution in [-0.4, -0.2) is 23.0 Å². The first-order valence-corrected chi connectivity index (χ1v) is 11.8. The third kappa shape index (κ3) is 3.30. The van der Waals surface area contributed by atoms with E-state index in [1.54, 1.807) is 41.0 Å². The molecule has 0 radical (unpaired) electrons. The molecular weight excluding hydrogens is 444 g/mol. The molecule has 32 heavy (non-hydrogen) atoms. The lowest BCUT2D eigenvalue weighted by atomic mass is 10.2. The second-order valence-corrected chi connectivity index (χ2v) is 9.89. The number of aromatic nitrogens is 3. The Morgan fingerprint density at radius 1 is 0.906 bits per heavy atom. The fourth-order valence-electron chi connectivity index (χ4n) is 3.75. The standard InChI is InChI=1S/C24H19ClN4O2S/c1-15-10-12-17(13-11-15)32(30,31)22-21-24(28-20-9-5-4-8-19(20)27-21)29(23(22)26)14-16-6-2-3-7-18(16)25/h2-13H,14,26H2,1H3. The molecule has 0 saturated carbocycles. The summed E-state index contributed by atoms with van der Waals surface area (Å²) in [6.45, 7) is 2.16. The zero-order valence-electron chi connectivity index (χ0n) is 17.2. The molecule has 6 nitrogen and oxygen atoms in total. The van der Waals surface area contributed by atoms with Crippen LogP contribution in [0.1, 0.15) is 11.1 Å². The Balaban J connectivity index is 1.83. The van der Waals surface area contributed by atoms with Crippen molar-refractivity contribution in [3.8, 4) is 0 Å². The first-order valence-electron chi connectivity index (χ1n) is 9.96. The second-order valence-electron chi connectivity index (χ2n) is 7.59. The molecule has 2 aromatic heterocycles. The maximum absolute atomic E-state index is 13.7. The molecule has 0 unspecified atom stereocenters. The lowest BCUT2D eigenvalue weighted by Crippen LogP contribution is -2.09. The molecule has 0 fully saturated rings. The Morgan fingerprint density at radius 2 is 1.53 bits per heavy atom. The molecule has 2 heterocycles. The Labute approximate surface area is 190 Å². The molecule has 5 aromatic rings. The van der Waals surface area contributed by atoms with Gasteiger partial charge in [0.2, 0.25) is 9.84 Å². The number of anilines is 1. The summed E-state index contributed by atoms with van der Waals surface area (Å²) in [6.07, 6.45) is 0. The van der Waals surface area contributed by atoms with Crippen molar-refractivity contribution < 1.29 is 8.42 Å². The molecule has 160 valence electrons. The van der Waals surface area contributed by atoms with Gasteiger partial charge in [-0.2, -0.15) is 0 Å². The van der Waals surface area contributed by atoms with E-state index in [9.17, 15) is 8.42 Å². The number of hydrogen-bond donors (Lipinski definition) is 1. The first kappa shape index (κ1) is 20.5. The Morgan fingerprint density at radius 3 is 2.22 bits per heavy atom. The monoisotopic (exact) mass is 462 g/mol. The van der Waals surface area contributed by atoms with Gasteiger partial charge in [0.15, 0.2) is 5.65 Å². The molecule has 5 rings (SSSR count). The predicted octanol–water partition coefficient (Wildman–Crippen LogP) is 5.01. The van der Waals surface area contributed by atoms with Crippen molar-refractivity contribution in [2.45, 2.75) is 23.3 Å². The average Bonchev–Trinajstić information content (AvgIpc) is 3.05. The minimum Gasteiger partial charge on any atom is -0.384 e. The number of nitrogens with two attached hydrogens (primary N) is 1. The van der Waals surface area contributed by atoms with Crippen molar-refractivity contribution in [1.82, 2.24) is 14.5 Å². The van der Waals surface area contributed by atoms with Gasteiger partial charge >= 0.3 is 0 Å². The number of nitrogen functional groups attached to an aromatic ring is 1. The van der Waals surface area contributed by atoms with Crippen LogP contribution in [0.15, 0.2) is 82.6 Å². The number of hydrogen-bond acceptors (Lipinski definition) is 5. The van der Waals surface area contributed by atoms with Crippen LogP contribution in [0.5, 0.6) is 0 Å². The van der Waals surface area contributed by atoms with E-state index in [1.807, 2.05) is 43.3 Å². The van der Waals surface area contributed by atoms with Crippen LogP contribution in [0.2, 0.25) is 5.02 Å². The molecule has 0 saturated heterocycles. The number of sulfone groups is 1. The number of fused-ring (bicyclic) bond motifs is 2. The smallest absolute Gasteiger partial charge is 0.212 e. The number of aryl methyl sites for hydroxylation is 1. The van der Waals surface area contributed by atoms with Crippen LogP contribution >= 0.6 is 11.6 Å². The van der Waals surface area contributed by atoms with E-state index in [2.05, 4.69) is 4.98 Å². The number of para-hydroxylation sites is 2. The zero-order valence-corrected chi connectivity index (χ0v) is 18.7. The number of rotatable bonds is 4. The summed E-state index contributed by atoms with van der Waals surface area (Å²) >= 11 is 6.37. The molecule has 0 aliphatic rings. The van der Waals surface area contributed by atoms with Crippen LogP contribution in [0, 0.1) is 6.92 Å². The van der Waals surface area contributed by atoms with Crippen LogP contribution in [0.25, 0.3) is 22.2 Å². The van der Waals surface area contributed by atoms with Crippen molar-refractivity contribution >= 4 is 49.5 Å². The third-order valence-corrected chi connectivity index (χ3v) is 7.63. The quantitative estimate of drug-likeness (QED) is 0.405. The Bertz CT molecular complexity index is 1590. The van der Waals surface area contributed by atoms with Crippen molar-refractivity contribution in [2.24, 2.45) is 0 Å². The van der Waals surface area contributed by atoms with Gasteiger partial charge in [0.25, 0.3) is 0 Å². The molecular formula is C24H19ClN4O2S. The second kappa shape index (κ2) is 7.62. The highest BCUT2D eigenvalue weighted by atomic mass is 35.5. The largest absolute Gasteiger partial charge is 0.384 e. The van der Waals surface area contributed by atoms with Crippen LogP contribution < -0.4 is 5.73 Å². The van der Waals surface area contributed by atoms with E-state index in [0.29, 0.717) is 21.7 Å². The maximum Gasteiger partial charge on any atom is 0.212 e. The van der Waals surface area contributed by atoms with Gasteiger partial charge in [0.05, 0.1) is 22.5 Å². The maximum atomic E-state index is 13.7. The van der Waals surface area contributed by atoms with E-state index in [-0.39, 0.29) is 27.7 Å². The van der Waals surface area contributed by atoms with Gasteiger partial charge in [-0.3, -0.25) is 0 Å². The molecule has 0 spiro atoms. The molecule has 0 aliphatic carbocycles. The summed E-state index contributed by atoms with van der Waals surface area (Å²) in [5.41, 5.74) is 10.1. The van der Waals surface area contributed by atoms with E-state index in [0.717, 1.165) is 11.1 Å². The summed E-state index contributed by atoms with van der Waals surface area (Å²) in [7, 11) is -3.94. The summed E-state index contributed by atoms with van der Waals surface area (Å²) < 4.78 is 29.0. The van der Waals surface area contributed by atoms with E-state index in [1.165, 1.54) is 0 Å². The molecule has 0 aliphatic heterocycles. The van der Waals surface area contributed by atoms with Crippen LogP contribution in [0.3, 0.4) is 0 Å². The minimum atomic E-state index is -3.94. The molecule has 0 bridgehead atoms. The van der Waals surface area contributed by atoms with Crippen LogP contribution in [0.4, 0.5) is 5.82 Å². The number of nitrogens with zero attached hydrogens (tertiary/aromatic N) is 3. The summed E-state index contributed by atoms with van der Waals surface area (Å²) in [6, 6.07) is 21.4. The van der Waals surface area contributed by atoms with Gasteiger partial charge in [-0.15, -0.1) is 0 Å². The van der Waals surface area contributed by atoms with Crippen molar-refractivity contribution in [1.29, 1.82) is 0 Å². The van der Waals surface area contributed by atoms with E-state index >= 15 is 0 Å². The summed E-state index contributed by atoms with van der Waals surface area (Å²) in [5.74, 6) is 0.0794. The SMILES string of the molecule is Cc1ccc(S(=O)(=O)c2c(N)n(Cc3ccccc3Cl)c3nc4ccccc4nc23)cc1. The normalized spacial score (nSPS) is 11.9. The van der Waals surface area contributed by atoms with Gasteiger partial charge in [-0.05, 0) is 42.8 Å². The fourth-order valence-corrected chi connectivity index (χ4v) is 5.45.